The molecular weight excluding hydrogens is 506 g/mol. The van der Waals surface area contributed by atoms with Crippen molar-refractivity contribution in [1.29, 1.82) is 0 Å². The molecule has 0 aromatic rings. The number of quaternary nitrogens is 1. The van der Waals surface area contributed by atoms with E-state index in [4.69, 9.17) is 0 Å². The van der Waals surface area contributed by atoms with E-state index in [9.17, 15) is 29.7 Å². The van der Waals surface area contributed by atoms with Crippen LogP contribution in [0.5, 0.6) is 0 Å². The summed E-state index contributed by atoms with van der Waals surface area (Å²) in [6.45, 7) is 7.97. The molecule has 7 heteroatoms. The Bertz CT molecular complexity index is 647. The van der Waals surface area contributed by atoms with Gasteiger partial charge >= 0.3 is 11.9 Å². The zero-order chi connectivity index (χ0) is 30.2. The molecule has 0 bridgehead atoms. The number of carboxylic acid groups (broad SMARTS) is 3. The van der Waals surface area contributed by atoms with Gasteiger partial charge in [-0.3, -0.25) is 4.48 Å². The average molecular weight is 568 g/mol. The van der Waals surface area contributed by atoms with E-state index in [1.165, 1.54) is 57.8 Å². The minimum atomic E-state index is -1.33. The second-order valence-corrected chi connectivity index (χ2v) is 11.5. The molecule has 0 aromatic heterocycles. The second kappa shape index (κ2) is 23.8. The number of carboxylic acids is 3. The van der Waals surface area contributed by atoms with Gasteiger partial charge in [0.05, 0.1) is 12.5 Å². The maximum absolute atomic E-state index is 12.5. The third kappa shape index (κ3) is 14.1. The fourth-order valence-corrected chi connectivity index (χ4v) is 6.33. The number of aliphatic carboxylic acids is 3. The van der Waals surface area contributed by atoms with Gasteiger partial charge in [-0.05, 0) is 44.9 Å². The molecule has 234 valence electrons. The van der Waals surface area contributed by atoms with E-state index in [0.29, 0.717) is 25.7 Å². The molecule has 0 radical (unpaired) electrons. The van der Waals surface area contributed by atoms with Crippen LogP contribution in [-0.2, 0) is 14.4 Å². The summed E-state index contributed by atoms with van der Waals surface area (Å²) in [5.74, 6) is -3.56. The quantitative estimate of drug-likeness (QED) is 0.0584. The number of carbonyl (C=O) groups is 3. The highest BCUT2D eigenvalue weighted by molar-refractivity contribution is 5.77. The van der Waals surface area contributed by atoms with Crippen molar-refractivity contribution in [3.8, 4) is 0 Å². The highest BCUT2D eigenvalue weighted by Crippen LogP contribution is 2.34. The van der Waals surface area contributed by atoms with Crippen LogP contribution in [0.2, 0.25) is 0 Å². The highest BCUT2D eigenvalue weighted by Gasteiger charge is 2.54. The zero-order valence-corrected chi connectivity index (χ0v) is 26.2. The molecule has 3 unspecified atom stereocenters. The van der Waals surface area contributed by atoms with E-state index in [0.717, 1.165) is 25.7 Å². The SMILES string of the molecule is CC/C=C/CCCCCCCCCCCCCC[N+](C(CCC)C(=O)[O-])(C(CCC)C(=O)O)C(CCC)C(=O)O. The third-order valence-electron chi connectivity index (χ3n) is 8.34. The van der Waals surface area contributed by atoms with E-state index in [1.54, 1.807) is 0 Å². The maximum Gasteiger partial charge on any atom is 0.362 e. The molecule has 0 fully saturated rings. The molecule has 2 N–H and O–H groups in total. The Morgan fingerprint density at radius 1 is 0.600 bits per heavy atom. The molecule has 0 rings (SSSR count). The monoisotopic (exact) mass is 567 g/mol. The molecule has 0 aromatic carbocycles. The predicted octanol–water partition coefficient (Wildman–Crippen LogP) is 7.27. The van der Waals surface area contributed by atoms with Crippen molar-refractivity contribution in [1.82, 2.24) is 0 Å². The summed E-state index contributed by atoms with van der Waals surface area (Å²) >= 11 is 0. The van der Waals surface area contributed by atoms with Crippen LogP contribution < -0.4 is 5.11 Å². The van der Waals surface area contributed by atoms with Gasteiger partial charge in [0.15, 0.2) is 12.1 Å². The molecule has 0 heterocycles. The summed E-state index contributed by atoms with van der Waals surface area (Å²) in [5, 5.41) is 33.0. The lowest BCUT2D eigenvalue weighted by molar-refractivity contribution is -0.975. The molecule has 0 aliphatic rings. The number of hydrogen-bond donors (Lipinski definition) is 2. The highest BCUT2D eigenvalue weighted by atomic mass is 16.4. The Hall–Kier alpha value is -1.89. The fraction of sp³-hybridized carbons (Fsp3) is 0.848. The van der Waals surface area contributed by atoms with Crippen LogP contribution in [0.4, 0.5) is 0 Å². The Balaban J connectivity index is 5.07. The van der Waals surface area contributed by atoms with Crippen LogP contribution in [0.3, 0.4) is 0 Å². The first-order valence-electron chi connectivity index (χ1n) is 16.4. The van der Waals surface area contributed by atoms with Crippen molar-refractivity contribution >= 4 is 17.9 Å². The van der Waals surface area contributed by atoms with Crippen LogP contribution in [0.25, 0.3) is 0 Å². The number of nitrogens with zero attached hydrogens (tertiary/aromatic N) is 1. The van der Waals surface area contributed by atoms with E-state index < -0.39 is 40.5 Å². The van der Waals surface area contributed by atoms with Gasteiger partial charge in [0, 0.05) is 19.3 Å². The molecular formula is C33H61NO6. The third-order valence-corrected chi connectivity index (χ3v) is 8.34. The van der Waals surface area contributed by atoms with Crippen molar-refractivity contribution in [3.05, 3.63) is 12.2 Å². The standard InChI is InChI=1S/C33H61NO6/c1-5-9-10-11-12-13-14-15-16-17-18-19-20-21-22-23-27-34(28(24-6-2)31(35)36,29(25-7-3)32(37)38)30(26-8-4)33(39)40/h9-10,28-30H,5-8,11-27H2,1-4H3,(H2-,35,36,37,38,39,40)/b10-9+. The molecule has 0 aliphatic heterocycles. The molecule has 0 amide bonds. The number of rotatable bonds is 28. The van der Waals surface area contributed by atoms with Crippen LogP contribution >= 0.6 is 0 Å². The largest absolute Gasteiger partial charge is 0.544 e. The Kier molecular flexibility index (Phi) is 22.7. The van der Waals surface area contributed by atoms with Gasteiger partial charge in [0.2, 0.25) is 0 Å². The van der Waals surface area contributed by atoms with Gasteiger partial charge in [-0.15, -0.1) is 0 Å². The first kappa shape index (κ1) is 38.1. The minimum absolute atomic E-state index is 0.208. The topological polar surface area (TPSA) is 115 Å². The van der Waals surface area contributed by atoms with E-state index in [1.807, 2.05) is 20.8 Å². The minimum Gasteiger partial charge on any atom is -0.544 e. The van der Waals surface area contributed by atoms with Crippen molar-refractivity contribution < 1.29 is 34.2 Å². The van der Waals surface area contributed by atoms with Crippen LogP contribution in [-0.4, -0.2) is 57.3 Å². The van der Waals surface area contributed by atoms with Gasteiger partial charge < -0.3 is 20.1 Å². The predicted molar refractivity (Wildman–Crippen MR) is 161 cm³/mol. The number of allylic oxidation sites excluding steroid dienone is 2. The van der Waals surface area contributed by atoms with E-state index in [-0.39, 0.29) is 25.8 Å². The Morgan fingerprint density at radius 2 is 0.975 bits per heavy atom. The number of hydrogen-bond acceptors (Lipinski definition) is 4. The summed E-state index contributed by atoms with van der Waals surface area (Å²) in [5.41, 5.74) is 0. The summed E-state index contributed by atoms with van der Waals surface area (Å²) in [6.07, 6.45) is 22.8. The van der Waals surface area contributed by atoms with Gasteiger partial charge in [-0.25, -0.2) is 9.59 Å². The molecule has 0 saturated heterocycles. The number of unbranched alkanes of at least 4 members (excludes halogenated alkanes) is 12. The second-order valence-electron chi connectivity index (χ2n) is 11.5. The summed E-state index contributed by atoms with van der Waals surface area (Å²) in [7, 11) is 0. The molecule has 40 heavy (non-hydrogen) atoms. The molecule has 0 saturated carbocycles. The van der Waals surface area contributed by atoms with Crippen molar-refractivity contribution in [2.24, 2.45) is 0 Å². The van der Waals surface area contributed by atoms with Crippen LogP contribution in [0.15, 0.2) is 12.2 Å². The van der Waals surface area contributed by atoms with E-state index in [2.05, 4.69) is 19.1 Å². The first-order valence-corrected chi connectivity index (χ1v) is 16.4. The smallest absolute Gasteiger partial charge is 0.362 e. The van der Waals surface area contributed by atoms with Crippen molar-refractivity contribution in [2.75, 3.05) is 6.54 Å². The molecule has 7 nitrogen and oxygen atoms in total. The van der Waals surface area contributed by atoms with Crippen molar-refractivity contribution in [2.45, 2.75) is 174 Å². The fourth-order valence-electron chi connectivity index (χ4n) is 6.33. The lowest BCUT2D eigenvalue weighted by Crippen LogP contribution is -2.74. The summed E-state index contributed by atoms with van der Waals surface area (Å²) in [6, 6.07) is -3.32. The Labute approximate surface area is 245 Å². The lowest BCUT2D eigenvalue weighted by Gasteiger charge is -2.52. The van der Waals surface area contributed by atoms with E-state index >= 15 is 0 Å². The van der Waals surface area contributed by atoms with Crippen molar-refractivity contribution in [3.63, 3.8) is 0 Å². The molecule has 3 atom stereocenters. The maximum atomic E-state index is 12.5. The first-order chi connectivity index (χ1) is 19.2. The number of carbonyl (C=O) groups excluding carboxylic acids is 1. The van der Waals surface area contributed by atoms with Gasteiger partial charge in [-0.1, -0.05) is 104 Å². The summed E-state index contributed by atoms with van der Waals surface area (Å²) in [4.78, 5) is 37.5. The molecule has 0 aliphatic carbocycles. The summed E-state index contributed by atoms with van der Waals surface area (Å²) < 4.78 is -0.433. The average Bonchev–Trinajstić information content (AvgIpc) is 2.91. The van der Waals surface area contributed by atoms with Crippen LogP contribution in [0, 0.1) is 0 Å². The van der Waals surface area contributed by atoms with Gasteiger partial charge in [0.1, 0.15) is 6.04 Å². The lowest BCUT2D eigenvalue weighted by atomic mass is 9.91. The Morgan fingerprint density at radius 3 is 1.32 bits per heavy atom. The van der Waals surface area contributed by atoms with Gasteiger partial charge in [0.25, 0.3) is 0 Å². The normalized spacial score (nSPS) is 15.5. The zero-order valence-electron chi connectivity index (χ0n) is 26.2. The molecule has 0 spiro atoms. The van der Waals surface area contributed by atoms with Gasteiger partial charge in [-0.2, -0.15) is 0 Å². The van der Waals surface area contributed by atoms with Crippen LogP contribution in [0.1, 0.15) is 156 Å².